The first-order chi connectivity index (χ1) is 8.72. The summed E-state index contributed by atoms with van der Waals surface area (Å²) < 4.78 is 5.00. The van der Waals surface area contributed by atoms with Gasteiger partial charge in [0.2, 0.25) is 5.91 Å². The second-order valence-electron chi connectivity index (χ2n) is 3.88. The lowest BCUT2D eigenvalue weighted by molar-refractivity contribution is -0.120. The first-order valence-corrected chi connectivity index (χ1v) is 5.58. The van der Waals surface area contributed by atoms with Gasteiger partial charge in [0.15, 0.2) is 5.82 Å². The van der Waals surface area contributed by atoms with Crippen LogP contribution in [-0.4, -0.2) is 42.6 Å². The SMILES string of the molecule is COCc1nc(NN)cc(N2CCNC(=O)C2)n1. The Labute approximate surface area is 104 Å². The Balaban J connectivity index is 2.24. The molecule has 0 bridgehead atoms. The normalized spacial score (nSPS) is 15.4. The smallest absolute Gasteiger partial charge is 0.239 e. The van der Waals surface area contributed by atoms with Gasteiger partial charge in [-0.1, -0.05) is 0 Å². The zero-order chi connectivity index (χ0) is 13.0. The third-order valence-corrected chi connectivity index (χ3v) is 2.54. The number of amides is 1. The van der Waals surface area contributed by atoms with Crippen molar-refractivity contribution >= 4 is 17.5 Å². The molecule has 0 aliphatic carbocycles. The molecule has 18 heavy (non-hydrogen) atoms. The average Bonchev–Trinajstić information content (AvgIpc) is 2.39. The summed E-state index contributed by atoms with van der Waals surface area (Å²) in [6.45, 7) is 1.89. The Morgan fingerprint density at radius 1 is 1.61 bits per heavy atom. The summed E-state index contributed by atoms with van der Waals surface area (Å²) in [5.41, 5.74) is 2.48. The molecule has 2 rings (SSSR count). The molecule has 98 valence electrons. The topological polar surface area (TPSA) is 105 Å². The second kappa shape index (κ2) is 5.61. The number of ether oxygens (including phenoxy) is 1. The zero-order valence-corrected chi connectivity index (χ0v) is 10.1. The Hall–Kier alpha value is -1.93. The third kappa shape index (κ3) is 2.84. The highest BCUT2D eigenvalue weighted by Crippen LogP contribution is 2.16. The van der Waals surface area contributed by atoms with E-state index in [1.165, 1.54) is 0 Å². The monoisotopic (exact) mass is 252 g/mol. The molecule has 1 amide bonds. The molecule has 1 aliphatic heterocycles. The lowest BCUT2D eigenvalue weighted by atomic mass is 10.3. The molecule has 1 fully saturated rings. The van der Waals surface area contributed by atoms with Gasteiger partial charge in [-0.15, -0.1) is 0 Å². The third-order valence-electron chi connectivity index (χ3n) is 2.54. The van der Waals surface area contributed by atoms with Crippen LogP contribution in [0.25, 0.3) is 0 Å². The van der Waals surface area contributed by atoms with E-state index in [2.05, 4.69) is 20.7 Å². The summed E-state index contributed by atoms with van der Waals surface area (Å²) >= 11 is 0. The van der Waals surface area contributed by atoms with Gasteiger partial charge in [0.1, 0.15) is 18.2 Å². The van der Waals surface area contributed by atoms with Crippen molar-refractivity contribution in [1.82, 2.24) is 15.3 Å². The van der Waals surface area contributed by atoms with Crippen LogP contribution in [0, 0.1) is 0 Å². The number of piperazine rings is 1. The standard InChI is InChI=1S/C10H16N6O2/c1-18-6-8-13-7(15-11)4-9(14-8)16-3-2-12-10(17)5-16/h4H,2-3,5-6,11H2,1H3,(H,12,17)(H,13,14,15). The fourth-order valence-corrected chi connectivity index (χ4v) is 1.75. The van der Waals surface area contributed by atoms with Gasteiger partial charge >= 0.3 is 0 Å². The van der Waals surface area contributed by atoms with Crippen LogP contribution < -0.4 is 21.5 Å². The van der Waals surface area contributed by atoms with Crippen molar-refractivity contribution in [3.05, 3.63) is 11.9 Å². The molecule has 0 aromatic carbocycles. The molecule has 0 atom stereocenters. The van der Waals surface area contributed by atoms with Crippen LogP contribution in [0.5, 0.6) is 0 Å². The van der Waals surface area contributed by atoms with E-state index < -0.39 is 0 Å². The number of hydrazine groups is 1. The number of carbonyl (C=O) groups excluding carboxylic acids is 1. The number of nitrogens with zero attached hydrogens (tertiary/aromatic N) is 3. The van der Waals surface area contributed by atoms with Gasteiger partial charge in [-0.3, -0.25) is 4.79 Å². The largest absolute Gasteiger partial charge is 0.377 e. The maximum Gasteiger partial charge on any atom is 0.239 e. The van der Waals surface area contributed by atoms with Crippen LogP contribution in [0.3, 0.4) is 0 Å². The van der Waals surface area contributed by atoms with Crippen LogP contribution in [0.1, 0.15) is 5.82 Å². The molecule has 0 unspecified atom stereocenters. The quantitative estimate of drug-likeness (QED) is 0.458. The van der Waals surface area contributed by atoms with Gasteiger partial charge in [0.25, 0.3) is 0 Å². The predicted molar refractivity (Wildman–Crippen MR) is 65.8 cm³/mol. The minimum Gasteiger partial charge on any atom is -0.377 e. The fourth-order valence-electron chi connectivity index (χ4n) is 1.75. The number of methoxy groups -OCH3 is 1. The van der Waals surface area contributed by atoms with E-state index in [0.29, 0.717) is 37.2 Å². The molecule has 0 saturated carbocycles. The van der Waals surface area contributed by atoms with E-state index in [-0.39, 0.29) is 12.5 Å². The fraction of sp³-hybridized carbons (Fsp3) is 0.500. The van der Waals surface area contributed by atoms with Gasteiger partial charge in [-0.05, 0) is 0 Å². The maximum atomic E-state index is 11.4. The number of rotatable bonds is 4. The van der Waals surface area contributed by atoms with E-state index in [0.717, 1.165) is 0 Å². The molecular formula is C10H16N6O2. The van der Waals surface area contributed by atoms with Crippen molar-refractivity contribution < 1.29 is 9.53 Å². The lowest BCUT2D eigenvalue weighted by Crippen LogP contribution is -2.48. The van der Waals surface area contributed by atoms with Crippen molar-refractivity contribution in [3.63, 3.8) is 0 Å². The molecule has 8 nitrogen and oxygen atoms in total. The van der Waals surface area contributed by atoms with Crippen LogP contribution in [0.2, 0.25) is 0 Å². The number of aromatic nitrogens is 2. The molecule has 1 aromatic heterocycles. The minimum atomic E-state index is -0.0181. The number of nitrogens with two attached hydrogens (primary N) is 1. The summed E-state index contributed by atoms with van der Waals surface area (Å²) in [6, 6.07) is 1.71. The molecule has 0 spiro atoms. The molecular weight excluding hydrogens is 236 g/mol. The molecule has 0 radical (unpaired) electrons. The van der Waals surface area contributed by atoms with Crippen LogP contribution in [0.4, 0.5) is 11.6 Å². The number of nitrogen functional groups attached to an aromatic ring is 1. The Morgan fingerprint density at radius 3 is 3.11 bits per heavy atom. The van der Waals surface area contributed by atoms with Crippen molar-refractivity contribution in [3.8, 4) is 0 Å². The first kappa shape index (κ1) is 12.5. The molecule has 1 aromatic rings. The number of hydrogen-bond donors (Lipinski definition) is 3. The number of anilines is 2. The van der Waals surface area contributed by atoms with E-state index >= 15 is 0 Å². The second-order valence-corrected chi connectivity index (χ2v) is 3.88. The van der Waals surface area contributed by atoms with E-state index in [4.69, 9.17) is 10.6 Å². The van der Waals surface area contributed by atoms with E-state index in [1.54, 1.807) is 13.2 Å². The van der Waals surface area contributed by atoms with Crippen molar-refractivity contribution in [2.24, 2.45) is 5.84 Å². The highest BCUT2D eigenvalue weighted by molar-refractivity contribution is 5.82. The molecule has 4 N–H and O–H groups in total. The summed E-state index contributed by atoms with van der Waals surface area (Å²) in [4.78, 5) is 21.7. The van der Waals surface area contributed by atoms with Crippen molar-refractivity contribution in [1.29, 1.82) is 0 Å². The van der Waals surface area contributed by atoms with Gasteiger partial charge in [-0.2, -0.15) is 0 Å². The number of hydrogen-bond acceptors (Lipinski definition) is 7. The maximum absolute atomic E-state index is 11.4. The number of carbonyl (C=O) groups is 1. The molecule has 1 saturated heterocycles. The highest BCUT2D eigenvalue weighted by Gasteiger charge is 2.18. The lowest BCUT2D eigenvalue weighted by Gasteiger charge is -2.28. The van der Waals surface area contributed by atoms with Crippen molar-refractivity contribution in [2.45, 2.75) is 6.61 Å². The zero-order valence-electron chi connectivity index (χ0n) is 10.1. The van der Waals surface area contributed by atoms with Crippen LogP contribution >= 0.6 is 0 Å². The molecule has 1 aliphatic rings. The van der Waals surface area contributed by atoms with Crippen LogP contribution in [0.15, 0.2) is 6.07 Å². The molecule has 2 heterocycles. The van der Waals surface area contributed by atoms with E-state index in [1.807, 2.05) is 4.90 Å². The summed E-state index contributed by atoms with van der Waals surface area (Å²) in [7, 11) is 1.57. The molecule has 8 heteroatoms. The minimum absolute atomic E-state index is 0.0181. The highest BCUT2D eigenvalue weighted by atomic mass is 16.5. The summed E-state index contributed by atoms with van der Waals surface area (Å²) in [6.07, 6.45) is 0. The van der Waals surface area contributed by atoms with Gasteiger partial charge in [0.05, 0.1) is 6.54 Å². The van der Waals surface area contributed by atoms with E-state index in [9.17, 15) is 4.79 Å². The predicted octanol–water partition coefficient (Wildman–Crippen LogP) is -1.16. The van der Waals surface area contributed by atoms with Crippen LogP contribution in [-0.2, 0) is 16.1 Å². The Kier molecular flexibility index (Phi) is 3.90. The number of nitrogens with one attached hydrogen (secondary N) is 2. The summed E-state index contributed by atoms with van der Waals surface area (Å²) in [5, 5.41) is 2.76. The van der Waals surface area contributed by atoms with Gasteiger partial charge < -0.3 is 20.4 Å². The van der Waals surface area contributed by atoms with Gasteiger partial charge in [0, 0.05) is 26.3 Å². The summed E-state index contributed by atoms with van der Waals surface area (Å²) in [5.74, 6) is 7.03. The first-order valence-electron chi connectivity index (χ1n) is 5.58. The Bertz CT molecular complexity index is 438. The average molecular weight is 252 g/mol. The van der Waals surface area contributed by atoms with Crippen molar-refractivity contribution in [2.75, 3.05) is 37.1 Å². The van der Waals surface area contributed by atoms with Gasteiger partial charge in [-0.25, -0.2) is 15.8 Å². The Morgan fingerprint density at radius 2 is 2.44 bits per heavy atom.